The normalized spacial score (nSPS) is 11.1. The lowest BCUT2D eigenvalue weighted by atomic mass is 10.2. The minimum atomic E-state index is -0.0151. The van der Waals surface area contributed by atoms with Gasteiger partial charge in [0.05, 0.1) is 7.11 Å². The number of benzene rings is 1. The first-order valence-electron chi connectivity index (χ1n) is 7.80. The Morgan fingerprint density at radius 3 is 2.39 bits per heavy atom. The number of aliphatic imine (C=N–C) groups is 1. The van der Waals surface area contributed by atoms with Crippen LogP contribution >= 0.6 is 0 Å². The molecule has 1 rings (SSSR count). The lowest BCUT2D eigenvalue weighted by molar-refractivity contribution is -0.127. The first-order chi connectivity index (χ1) is 11.0. The smallest absolute Gasteiger partial charge is 0.243 e. The lowest BCUT2D eigenvalue weighted by Gasteiger charge is -2.23. The van der Waals surface area contributed by atoms with Crippen LogP contribution in [0.2, 0.25) is 0 Å². The zero-order valence-electron chi connectivity index (χ0n) is 14.8. The molecule has 0 atom stereocenters. The molecule has 0 radical (unpaired) electrons. The standard InChI is InChI=1S/C17H28N4O2/c1-6-11-18-17(19-12-16(22)20(2)3)21(4)13-14-7-9-15(23-5)10-8-14/h7-10H,6,11-13H2,1-5H3,(H,18,19). The summed E-state index contributed by atoms with van der Waals surface area (Å²) >= 11 is 0. The molecule has 1 aromatic carbocycles. The molecule has 1 aromatic rings. The number of carbonyl (C=O) groups is 1. The van der Waals surface area contributed by atoms with Crippen LogP contribution < -0.4 is 10.1 Å². The summed E-state index contributed by atoms with van der Waals surface area (Å²) in [6.07, 6.45) is 0.997. The van der Waals surface area contributed by atoms with Crippen molar-refractivity contribution in [2.24, 2.45) is 4.99 Å². The molecule has 0 saturated carbocycles. The molecule has 0 heterocycles. The van der Waals surface area contributed by atoms with Crippen molar-refractivity contribution in [3.63, 3.8) is 0 Å². The minimum Gasteiger partial charge on any atom is -0.497 e. The van der Waals surface area contributed by atoms with Gasteiger partial charge in [0.1, 0.15) is 12.3 Å². The molecule has 0 bridgehead atoms. The Morgan fingerprint density at radius 2 is 1.87 bits per heavy atom. The van der Waals surface area contributed by atoms with Crippen LogP contribution in [-0.2, 0) is 11.3 Å². The van der Waals surface area contributed by atoms with E-state index in [2.05, 4.69) is 17.2 Å². The molecule has 0 fully saturated rings. The predicted octanol–water partition coefficient (Wildman–Crippen LogP) is 1.57. The summed E-state index contributed by atoms with van der Waals surface area (Å²) in [6.45, 7) is 3.77. The Kier molecular flexibility index (Phi) is 7.94. The van der Waals surface area contributed by atoms with E-state index in [4.69, 9.17) is 4.74 Å². The molecule has 0 aromatic heterocycles. The third-order valence-electron chi connectivity index (χ3n) is 3.34. The van der Waals surface area contributed by atoms with Gasteiger partial charge in [-0.3, -0.25) is 4.79 Å². The maximum atomic E-state index is 11.7. The Morgan fingerprint density at radius 1 is 1.22 bits per heavy atom. The zero-order valence-corrected chi connectivity index (χ0v) is 14.8. The molecule has 6 heteroatoms. The molecule has 0 saturated heterocycles. The molecular weight excluding hydrogens is 292 g/mol. The molecule has 0 aliphatic carbocycles. The fourth-order valence-electron chi connectivity index (χ4n) is 1.91. The van der Waals surface area contributed by atoms with Crippen molar-refractivity contribution in [1.29, 1.82) is 0 Å². The van der Waals surface area contributed by atoms with Gasteiger partial charge in [-0.2, -0.15) is 0 Å². The Labute approximate surface area is 139 Å². The molecule has 0 spiro atoms. The van der Waals surface area contributed by atoms with E-state index in [9.17, 15) is 4.79 Å². The SMILES string of the molecule is CCCNC(=NCC(=O)N(C)C)N(C)Cc1ccc(OC)cc1. The highest BCUT2D eigenvalue weighted by molar-refractivity contribution is 5.84. The number of rotatable bonds is 7. The topological polar surface area (TPSA) is 57.2 Å². The highest BCUT2D eigenvalue weighted by Gasteiger charge is 2.09. The number of guanidine groups is 1. The van der Waals surface area contributed by atoms with E-state index in [1.165, 1.54) is 0 Å². The summed E-state index contributed by atoms with van der Waals surface area (Å²) in [5.41, 5.74) is 1.15. The van der Waals surface area contributed by atoms with Crippen molar-refractivity contribution in [2.45, 2.75) is 19.9 Å². The van der Waals surface area contributed by atoms with Gasteiger partial charge in [0.25, 0.3) is 0 Å². The van der Waals surface area contributed by atoms with E-state index in [0.717, 1.165) is 30.2 Å². The van der Waals surface area contributed by atoms with E-state index in [0.29, 0.717) is 6.54 Å². The van der Waals surface area contributed by atoms with Crippen LogP contribution in [0.25, 0.3) is 0 Å². The molecule has 1 amide bonds. The van der Waals surface area contributed by atoms with Crippen molar-refractivity contribution >= 4 is 11.9 Å². The number of methoxy groups -OCH3 is 1. The van der Waals surface area contributed by atoms with Crippen LogP contribution in [0.3, 0.4) is 0 Å². The largest absolute Gasteiger partial charge is 0.497 e. The fourth-order valence-corrected chi connectivity index (χ4v) is 1.91. The van der Waals surface area contributed by atoms with Gasteiger partial charge in [0.15, 0.2) is 5.96 Å². The summed E-state index contributed by atoms with van der Waals surface area (Å²) in [4.78, 5) is 19.7. The van der Waals surface area contributed by atoms with E-state index in [1.54, 1.807) is 26.1 Å². The van der Waals surface area contributed by atoms with Crippen LogP contribution in [-0.4, -0.2) is 63.0 Å². The molecule has 23 heavy (non-hydrogen) atoms. The second kappa shape index (κ2) is 9.71. The number of ether oxygens (including phenoxy) is 1. The zero-order chi connectivity index (χ0) is 17.2. The van der Waals surface area contributed by atoms with E-state index < -0.39 is 0 Å². The van der Waals surface area contributed by atoms with Gasteiger partial charge in [0.2, 0.25) is 5.91 Å². The van der Waals surface area contributed by atoms with Crippen molar-refractivity contribution in [3.8, 4) is 5.75 Å². The van der Waals surface area contributed by atoms with Crippen LogP contribution in [0.15, 0.2) is 29.3 Å². The Bertz CT molecular complexity index is 512. The number of carbonyl (C=O) groups excluding carboxylic acids is 1. The molecule has 0 aliphatic rings. The number of amides is 1. The van der Waals surface area contributed by atoms with E-state index >= 15 is 0 Å². The van der Waals surface area contributed by atoms with Crippen molar-refractivity contribution in [2.75, 3.05) is 41.3 Å². The summed E-state index contributed by atoms with van der Waals surface area (Å²) in [6, 6.07) is 7.93. The molecule has 1 N–H and O–H groups in total. The highest BCUT2D eigenvalue weighted by Crippen LogP contribution is 2.12. The third-order valence-corrected chi connectivity index (χ3v) is 3.34. The average molecular weight is 320 g/mol. The van der Waals surface area contributed by atoms with Crippen molar-refractivity contribution in [3.05, 3.63) is 29.8 Å². The summed E-state index contributed by atoms with van der Waals surface area (Å²) < 4.78 is 5.17. The summed E-state index contributed by atoms with van der Waals surface area (Å²) in [5.74, 6) is 1.56. The quantitative estimate of drug-likeness (QED) is 0.612. The second-order valence-electron chi connectivity index (χ2n) is 5.56. The fraction of sp³-hybridized carbons (Fsp3) is 0.529. The van der Waals surface area contributed by atoms with Crippen LogP contribution in [0, 0.1) is 0 Å². The van der Waals surface area contributed by atoms with Crippen LogP contribution in [0.5, 0.6) is 5.75 Å². The Hall–Kier alpha value is -2.24. The van der Waals surface area contributed by atoms with Gasteiger partial charge in [0, 0.05) is 34.2 Å². The van der Waals surface area contributed by atoms with Gasteiger partial charge in [-0.25, -0.2) is 4.99 Å². The summed E-state index contributed by atoms with van der Waals surface area (Å²) in [5, 5.41) is 3.29. The molecule has 6 nitrogen and oxygen atoms in total. The van der Waals surface area contributed by atoms with Gasteiger partial charge in [-0.15, -0.1) is 0 Å². The van der Waals surface area contributed by atoms with Crippen molar-refractivity contribution in [1.82, 2.24) is 15.1 Å². The molecular formula is C17H28N4O2. The van der Waals surface area contributed by atoms with Crippen LogP contribution in [0.4, 0.5) is 0 Å². The number of nitrogens with zero attached hydrogens (tertiary/aromatic N) is 3. The molecule has 0 unspecified atom stereocenters. The second-order valence-corrected chi connectivity index (χ2v) is 5.56. The first-order valence-corrected chi connectivity index (χ1v) is 7.80. The minimum absolute atomic E-state index is 0.0151. The maximum Gasteiger partial charge on any atom is 0.243 e. The van der Waals surface area contributed by atoms with Gasteiger partial charge >= 0.3 is 0 Å². The highest BCUT2D eigenvalue weighted by atomic mass is 16.5. The van der Waals surface area contributed by atoms with E-state index in [-0.39, 0.29) is 12.5 Å². The van der Waals surface area contributed by atoms with Crippen LogP contribution in [0.1, 0.15) is 18.9 Å². The number of likely N-dealkylation sites (N-methyl/N-ethyl adjacent to an activating group) is 1. The summed E-state index contributed by atoms with van der Waals surface area (Å²) in [7, 11) is 7.09. The van der Waals surface area contributed by atoms with Gasteiger partial charge in [-0.05, 0) is 24.1 Å². The lowest BCUT2D eigenvalue weighted by Crippen LogP contribution is -2.39. The molecule has 128 valence electrons. The Balaban J connectivity index is 2.74. The maximum absolute atomic E-state index is 11.7. The first kappa shape index (κ1) is 18.8. The van der Waals surface area contributed by atoms with Gasteiger partial charge < -0.3 is 19.9 Å². The van der Waals surface area contributed by atoms with Crippen molar-refractivity contribution < 1.29 is 9.53 Å². The number of hydrogen-bond acceptors (Lipinski definition) is 3. The number of hydrogen-bond donors (Lipinski definition) is 1. The van der Waals surface area contributed by atoms with E-state index in [1.807, 2.05) is 36.2 Å². The predicted molar refractivity (Wildman–Crippen MR) is 93.8 cm³/mol. The average Bonchev–Trinajstić information content (AvgIpc) is 2.55. The monoisotopic (exact) mass is 320 g/mol. The number of nitrogens with one attached hydrogen (secondary N) is 1. The van der Waals surface area contributed by atoms with Gasteiger partial charge in [-0.1, -0.05) is 19.1 Å². The third kappa shape index (κ3) is 6.59. The molecule has 0 aliphatic heterocycles.